The molecule has 0 aliphatic carbocycles. The first-order chi connectivity index (χ1) is 5.55. The van der Waals surface area contributed by atoms with Crippen molar-refractivity contribution in [2.75, 3.05) is 11.5 Å². The molecule has 2 heterocycles. The number of rotatable bonds is 0. The molecule has 0 aromatic rings. The first kappa shape index (κ1) is 8.19. The lowest BCUT2D eigenvalue weighted by Gasteiger charge is -2.34. The number of hydrogen-bond donors (Lipinski definition) is 1. The zero-order valence-electron chi connectivity index (χ0n) is 6.62. The third-order valence-corrected chi connectivity index (χ3v) is 4.15. The highest BCUT2D eigenvalue weighted by molar-refractivity contribution is 7.91. The predicted octanol–water partition coefficient (Wildman–Crippen LogP) is -0.895. The first-order valence-corrected chi connectivity index (χ1v) is 5.85. The van der Waals surface area contributed by atoms with Crippen LogP contribution in [-0.2, 0) is 14.6 Å². The molecule has 2 atom stereocenters. The van der Waals surface area contributed by atoms with Crippen LogP contribution < -0.4 is 5.32 Å². The van der Waals surface area contributed by atoms with Crippen molar-refractivity contribution in [2.45, 2.75) is 24.9 Å². The molecule has 0 saturated carbocycles. The molecular formula is C7H11NO3S. The summed E-state index contributed by atoms with van der Waals surface area (Å²) in [5.41, 5.74) is 0. The normalized spacial score (nSPS) is 39.5. The number of hydrogen-bond acceptors (Lipinski definition) is 4. The van der Waals surface area contributed by atoms with Crippen molar-refractivity contribution in [1.29, 1.82) is 0 Å². The van der Waals surface area contributed by atoms with Crippen molar-refractivity contribution < 1.29 is 13.2 Å². The van der Waals surface area contributed by atoms with Crippen LogP contribution in [0.4, 0.5) is 0 Å². The Hall–Kier alpha value is -0.420. The van der Waals surface area contributed by atoms with Crippen molar-refractivity contribution in [3.05, 3.63) is 0 Å². The van der Waals surface area contributed by atoms with E-state index in [1.807, 2.05) is 0 Å². The molecular weight excluding hydrogens is 178 g/mol. The molecule has 0 unspecified atom stereocenters. The number of fused-ring (bicyclic) bond motifs is 2. The Morgan fingerprint density at radius 3 is 2.17 bits per heavy atom. The zero-order chi connectivity index (χ0) is 8.77. The number of ketones is 1. The molecule has 0 radical (unpaired) electrons. The summed E-state index contributed by atoms with van der Waals surface area (Å²) < 4.78 is 22.4. The Balaban J connectivity index is 2.21. The molecule has 0 spiro atoms. The maximum absolute atomic E-state index is 11.2. The molecule has 0 amide bonds. The SMILES string of the molecule is O=C1C[C@@H]2CS(=O)(=O)C[C@H](C1)N2. The maximum atomic E-state index is 11.2. The monoisotopic (exact) mass is 189 g/mol. The van der Waals surface area contributed by atoms with E-state index < -0.39 is 9.84 Å². The molecule has 2 fully saturated rings. The van der Waals surface area contributed by atoms with E-state index in [2.05, 4.69) is 5.32 Å². The van der Waals surface area contributed by atoms with E-state index in [0.29, 0.717) is 12.8 Å². The summed E-state index contributed by atoms with van der Waals surface area (Å²) in [5, 5.41) is 3.14. The highest BCUT2D eigenvalue weighted by atomic mass is 32.2. The molecule has 12 heavy (non-hydrogen) atoms. The Morgan fingerprint density at radius 2 is 1.67 bits per heavy atom. The van der Waals surface area contributed by atoms with Crippen LogP contribution in [0.3, 0.4) is 0 Å². The van der Waals surface area contributed by atoms with E-state index in [1.54, 1.807) is 0 Å². The fourth-order valence-corrected chi connectivity index (χ4v) is 3.77. The van der Waals surface area contributed by atoms with E-state index in [9.17, 15) is 13.2 Å². The number of sulfone groups is 1. The second kappa shape index (κ2) is 2.53. The van der Waals surface area contributed by atoms with Crippen LogP contribution in [0.1, 0.15) is 12.8 Å². The number of nitrogens with one attached hydrogen (secondary N) is 1. The average molecular weight is 189 g/mol. The molecule has 68 valence electrons. The van der Waals surface area contributed by atoms with Crippen LogP contribution in [0, 0.1) is 0 Å². The molecule has 0 aromatic carbocycles. The average Bonchev–Trinajstić information content (AvgIpc) is 1.78. The minimum Gasteiger partial charge on any atom is -0.308 e. The zero-order valence-corrected chi connectivity index (χ0v) is 7.43. The second-order valence-corrected chi connectivity index (χ2v) is 5.74. The van der Waals surface area contributed by atoms with Crippen LogP contribution in [0.25, 0.3) is 0 Å². The van der Waals surface area contributed by atoms with Crippen LogP contribution in [0.15, 0.2) is 0 Å². The van der Waals surface area contributed by atoms with Crippen molar-refractivity contribution >= 4 is 15.6 Å². The molecule has 2 aliphatic heterocycles. The van der Waals surface area contributed by atoms with Crippen molar-refractivity contribution in [2.24, 2.45) is 0 Å². The molecule has 5 heteroatoms. The van der Waals surface area contributed by atoms with Gasteiger partial charge in [0.15, 0.2) is 9.84 Å². The fraction of sp³-hybridized carbons (Fsp3) is 0.857. The van der Waals surface area contributed by atoms with E-state index in [4.69, 9.17) is 0 Å². The number of Topliss-reactive ketones (excluding diaryl/α,β-unsaturated/α-hetero) is 1. The van der Waals surface area contributed by atoms with Gasteiger partial charge in [-0.3, -0.25) is 4.79 Å². The minimum atomic E-state index is -2.88. The molecule has 2 rings (SSSR count). The fourth-order valence-electron chi connectivity index (χ4n) is 1.98. The maximum Gasteiger partial charge on any atom is 0.153 e. The van der Waals surface area contributed by atoms with Gasteiger partial charge in [-0.15, -0.1) is 0 Å². The first-order valence-electron chi connectivity index (χ1n) is 4.03. The Labute approximate surface area is 71.3 Å². The van der Waals surface area contributed by atoms with Gasteiger partial charge in [-0.1, -0.05) is 0 Å². The van der Waals surface area contributed by atoms with Gasteiger partial charge in [0, 0.05) is 24.9 Å². The van der Waals surface area contributed by atoms with E-state index in [1.165, 1.54) is 0 Å². The highest BCUT2D eigenvalue weighted by Crippen LogP contribution is 2.18. The van der Waals surface area contributed by atoms with Gasteiger partial charge in [0.05, 0.1) is 11.5 Å². The Kier molecular flexibility index (Phi) is 1.73. The number of piperidine rings is 1. The lowest BCUT2D eigenvalue weighted by Crippen LogP contribution is -2.56. The largest absolute Gasteiger partial charge is 0.308 e. The number of carbonyl (C=O) groups is 1. The summed E-state index contributed by atoms with van der Waals surface area (Å²) >= 11 is 0. The molecule has 2 aliphatic rings. The summed E-state index contributed by atoms with van der Waals surface area (Å²) in [6.07, 6.45) is 0.769. The minimum absolute atomic E-state index is 0.116. The smallest absolute Gasteiger partial charge is 0.153 e. The summed E-state index contributed by atoms with van der Waals surface area (Å²) in [4.78, 5) is 11.1. The topological polar surface area (TPSA) is 63.2 Å². The summed E-state index contributed by atoms with van der Waals surface area (Å²) in [6, 6.07) is -0.231. The lowest BCUT2D eigenvalue weighted by molar-refractivity contribution is -0.121. The van der Waals surface area contributed by atoms with Gasteiger partial charge in [0.1, 0.15) is 5.78 Å². The quantitative estimate of drug-likeness (QED) is 0.536. The summed E-state index contributed by atoms with van der Waals surface area (Å²) in [5.74, 6) is 0.462. The molecule has 2 saturated heterocycles. The standard InChI is InChI=1S/C7H11NO3S/c9-7-1-5-3-12(10,11)4-6(2-7)8-5/h5-6,8H,1-4H2/t5-,6+. The third kappa shape index (κ3) is 1.51. The van der Waals surface area contributed by atoms with Gasteiger partial charge >= 0.3 is 0 Å². The summed E-state index contributed by atoms with van der Waals surface area (Å²) in [7, 11) is -2.88. The van der Waals surface area contributed by atoms with Gasteiger partial charge in [-0.2, -0.15) is 0 Å². The van der Waals surface area contributed by atoms with Crippen LogP contribution in [0.2, 0.25) is 0 Å². The molecule has 0 aromatic heterocycles. The van der Waals surface area contributed by atoms with E-state index in [-0.39, 0.29) is 29.4 Å². The van der Waals surface area contributed by atoms with Gasteiger partial charge in [-0.05, 0) is 0 Å². The number of carbonyl (C=O) groups excluding carboxylic acids is 1. The predicted molar refractivity (Wildman–Crippen MR) is 43.6 cm³/mol. The Bertz CT molecular complexity index is 287. The van der Waals surface area contributed by atoms with Crippen LogP contribution in [-0.4, -0.2) is 37.8 Å². The van der Waals surface area contributed by atoms with Crippen LogP contribution >= 0.6 is 0 Å². The van der Waals surface area contributed by atoms with Crippen molar-refractivity contribution in [3.8, 4) is 0 Å². The van der Waals surface area contributed by atoms with Crippen molar-refractivity contribution in [3.63, 3.8) is 0 Å². The van der Waals surface area contributed by atoms with Crippen LogP contribution in [0.5, 0.6) is 0 Å². The highest BCUT2D eigenvalue weighted by Gasteiger charge is 2.36. The van der Waals surface area contributed by atoms with Gasteiger partial charge in [-0.25, -0.2) is 8.42 Å². The van der Waals surface area contributed by atoms with E-state index >= 15 is 0 Å². The van der Waals surface area contributed by atoms with Gasteiger partial charge < -0.3 is 5.32 Å². The molecule has 2 bridgehead atoms. The second-order valence-electron chi connectivity index (χ2n) is 3.58. The molecule has 1 N–H and O–H groups in total. The molecule has 4 nitrogen and oxygen atoms in total. The Morgan fingerprint density at radius 1 is 1.17 bits per heavy atom. The summed E-state index contributed by atoms with van der Waals surface area (Å²) in [6.45, 7) is 0. The van der Waals surface area contributed by atoms with E-state index in [0.717, 1.165) is 0 Å². The van der Waals surface area contributed by atoms with Gasteiger partial charge in [0.2, 0.25) is 0 Å². The van der Waals surface area contributed by atoms with Crippen molar-refractivity contribution in [1.82, 2.24) is 5.32 Å². The third-order valence-electron chi connectivity index (χ3n) is 2.33. The van der Waals surface area contributed by atoms with Gasteiger partial charge in [0.25, 0.3) is 0 Å². The lowest BCUT2D eigenvalue weighted by atomic mass is 9.99.